The summed E-state index contributed by atoms with van der Waals surface area (Å²) in [7, 11) is 0. The van der Waals surface area contributed by atoms with Crippen LogP contribution in [0.3, 0.4) is 0 Å². The first-order valence-electron chi connectivity index (χ1n) is 8.30. The average Bonchev–Trinajstić information content (AvgIpc) is 3.27. The number of carbonyl (C=O) groups excluding carboxylic acids is 3. The maximum atomic E-state index is 12.1. The number of hydrogen-bond donors (Lipinski definition) is 3. The summed E-state index contributed by atoms with van der Waals surface area (Å²) in [6.45, 7) is 1.88. The van der Waals surface area contributed by atoms with Gasteiger partial charge in [0.25, 0.3) is 5.91 Å². The highest BCUT2D eigenvalue weighted by Crippen LogP contribution is 2.28. The van der Waals surface area contributed by atoms with Gasteiger partial charge in [-0.2, -0.15) is 11.3 Å². The fourth-order valence-corrected chi connectivity index (χ4v) is 3.94. The molecule has 0 spiro atoms. The molecule has 0 unspecified atom stereocenters. The summed E-state index contributed by atoms with van der Waals surface area (Å²) in [5, 5.41) is 12.4. The van der Waals surface area contributed by atoms with Crippen molar-refractivity contribution in [3.05, 3.63) is 40.6 Å². The topological polar surface area (TPSA) is 100 Å². The number of nitrogens with one attached hydrogen (secondary N) is 3. The molecule has 3 amide bonds. The molecule has 140 valence electrons. The van der Waals surface area contributed by atoms with E-state index < -0.39 is 0 Å². The lowest BCUT2D eigenvalue weighted by Gasteiger charge is -2.04. The molecule has 0 saturated carbocycles. The van der Waals surface area contributed by atoms with Gasteiger partial charge in [-0.05, 0) is 36.1 Å². The van der Waals surface area contributed by atoms with E-state index in [4.69, 9.17) is 0 Å². The monoisotopic (exact) mass is 402 g/mol. The number of anilines is 2. The van der Waals surface area contributed by atoms with Gasteiger partial charge in [0.2, 0.25) is 11.8 Å². The largest absolute Gasteiger partial charge is 0.352 e. The second-order valence-electron chi connectivity index (χ2n) is 5.80. The minimum absolute atomic E-state index is 0.127. The molecule has 0 atom stereocenters. The Kier molecular flexibility index (Phi) is 6.15. The number of thiazole rings is 1. The number of benzene rings is 1. The van der Waals surface area contributed by atoms with Crippen molar-refractivity contribution in [1.29, 1.82) is 0 Å². The fraction of sp³-hybridized carbons (Fsp3) is 0.222. The highest BCUT2D eigenvalue weighted by molar-refractivity contribution is 7.22. The normalized spacial score (nSPS) is 10.6. The molecule has 0 aliphatic heterocycles. The lowest BCUT2D eigenvalue weighted by Crippen LogP contribution is -2.25. The molecule has 9 heteroatoms. The van der Waals surface area contributed by atoms with Crippen LogP contribution < -0.4 is 16.0 Å². The molecule has 0 radical (unpaired) electrons. The van der Waals surface area contributed by atoms with E-state index in [1.54, 1.807) is 23.6 Å². The summed E-state index contributed by atoms with van der Waals surface area (Å²) >= 11 is 2.81. The molecule has 3 aromatic rings. The Balaban J connectivity index is 1.47. The number of amides is 3. The number of aromatic nitrogens is 1. The molecule has 3 rings (SSSR count). The van der Waals surface area contributed by atoms with Gasteiger partial charge in [0.1, 0.15) is 0 Å². The van der Waals surface area contributed by atoms with Crippen molar-refractivity contribution >= 4 is 61.4 Å². The second-order valence-corrected chi connectivity index (χ2v) is 7.61. The minimum Gasteiger partial charge on any atom is -0.352 e. The van der Waals surface area contributed by atoms with Gasteiger partial charge in [0, 0.05) is 36.5 Å². The minimum atomic E-state index is -0.152. The van der Waals surface area contributed by atoms with Crippen molar-refractivity contribution in [2.45, 2.75) is 19.8 Å². The molecule has 0 bridgehead atoms. The second kappa shape index (κ2) is 8.74. The predicted molar refractivity (Wildman–Crippen MR) is 108 cm³/mol. The highest BCUT2D eigenvalue weighted by atomic mass is 32.1. The molecule has 3 N–H and O–H groups in total. The van der Waals surface area contributed by atoms with Crippen LogP contribution in [-0.4, -0.2) is 29.3 Å². The van der Waals surface area contributed by atoms with Crippen molar-refractivity contribution in [3.63, 3.8) is 0 Å². The highest BCUT2D eigenvalue weighted by Gasteiger charge is 2.10. The molecule has 1 aromatic carbocycles. The average molecular weight is 403 g/mol. The number of nitrogens with zero attached hydrogens (tertiary/aromatic N) is 1. The standard InChI is InChI=1S/C18H18N4O3S2/c1-11(23)20-13-4-5-14-15(9-13)27-18(21-14)22-16(24)3-2-7-19-17(25)12-6-8-26-10-12/h4-6,8-10H,2-3,7H2,1H3,(H,19,25)(H,20,23)(H,21,22,24). The Bertz CT molecular complexity index is 966. The van der Waals surface area contributed by atoms with Crippen LogP contribution in [0.5, 0.6) is 0 Å². The zero-order valence-electron chi connectivity index (χ0n) is 14.6. The lowest BCUT2D eigenvalue weighted by molar-refractivity contribution is -0.116. The summed E-state index contributed by atoms with van der Waals surface area (Å²) in [6, 6.07) is 7.15. The molecule has 0 saturated heterocycles. The molecule has 2 heterocycles. The van der Waals surface area contributed by atoms with Gasteiger partial charge in [-0.25, -0.2) is 4.98 Å². The Labute approximate surface area is 163 Å². The number of thiophene rings is 1. The van der Waals surface area contributed by atoms with E-state index in [1.165, 1.54) is 29.6 Å². The first kappa shape index (κ1) is 19.0. The van der Waals surface area contributed by atoms with E-state index in [0.717, 1.165) is 10.2 Å². The molecule has 0 aliphatic rings. The van der Waals surface area contributed by atoms with Crippen LogP contribution >= 0.6 is 22.7 Å². The van der Waals surface area contributed by atoms with E-state index in [1.807, 2.05) is 11.4 Å². The lowest BCUT2D eigenvalue weighted by atomic mass is 10.2. The summed E-state index contributed by atoms with van der Waals surface area (Å²) in [4.78, 5) is 39.4. The maximum absolute atomic E-state index is 12.1. The molecule has 27 heavy (non-hydrogen) atoms. The summed E-state index contributed by atoms with van der Waals surface area (Å²) in [5.41, 5.74) is 2.09. The van der Waals surface area contributed by atoms with Gasteiger partial charge in [0.15, 0.2) is 5.13 Å². The smallest absolute Gasteiger partial charge is 0.252 e. The summed E-state index contributed by atoms with van der Waals surface area (Å²) in [5.74, 6) is -0.419. The molecule has 7 nitrogen and oxygen atoms in total. The van der Waals surface area contributed by atoms with Crippen LogP contribution in [0, 0.1) is 0 Å². The van der Waals surface area contributed by atoms with Gasteiger partial charge >= 0.3 is 0 Å². The third-order valence-electron chi connectivity index (χ3n) is 3.60. The first-order chi connectivity index (χ1) is 13.0. The summed E-state index contributed by atoms with van der Waals surface area (Å²) in [6.07, 6.45) is 0.830. The SMILES string of the molecule is CC(=O)Nc1ccc2nc(NC(=O)CCCNC(=O)c3ccsc3)sc2c1. The quantitative estimate of drug-likeness (QED) is 0.527. The van der Waals surface area contributed by atoms with E-state index in [-0.39, 0.29) is 24.1 Å². The molecular weight excluding hydrogens is 384 g/mol. The van der Waals surface area contributed by atoms with Crippen LogP contribution in [-0.2, 0) is 9.59 Å². The van der Waals surface area contributed by atoms with Crippen LogP contribution in [0.25, 0.3) is 10.2 Å². The van der Waals surface area contributed by atoms with Gasteiger partial charge in [-0.15, -0.1) is 0 Å². The van der Waals surface area contributed by atoms with Crippen molar-refractivity contribution in [2.24, 2.45) is 0 Å². The molecule has 0 fully saturated rings. The van der Waals surface area contributed by atoms with Crippen LogP contribution in [0.15, 0.2) is 35.0 Å². The molecular formula is C18H18N4O3S2. The van der Waals surface area contributed by atoms with Gasteiger partial charge < -0.3 is 16.0 Å². The fourth-order valence-electron chi connectivity index (χ4n) is 2.39. The van der Waals surface area contributed by atoms with Crippen molar-refractivity contribution in [3.8, 4) is 0 Å². The summed E-state index contributed by atoms with van der Waals surface area (Å²) < 4.78 is 0.875. The van der Waals surface area contributed by atoms with Gasteiger partial charge in [-0.3, -0.25) is 14.4 Å². The zero-order valence-corrected chi connectivity index (χ0v) is 16.2. The molecule has 2 aromatic heterocycles. The number of hydrogen-bond acceptors (Lipinski definition) is 6. The third kappa shape index (κ3) is 5.35. The Morgan fingerprint density at radius 1 is 1.15 bits per heavy atom. The Morgan fingerprint density at radius 2 is 2.00 bits per heavy atom. The van der Waals surface area contributed by atoms with Gasteiger partial charge in [-0.1, -0.05) is 11.3 Å². The van der Waals surface area contributed by atoms with Crippen LogP contribution in [0.4, 0.5) is 10.8 Å². The first-order valence-corrected chi connectivity index (χ1v) is 10.1. The zero-order chi connectivity index (χ0) is 19.2. The molecule has 0 aliphatic carbocycles. The van der Waals surface area contributed by atoms with E-state index in [9.17, 15) is 14.4 Å². The Morgan fingerprint density at radius 3 is 2.74 bits per heavy atom. The van der Waals surface area contributed by atoms with Crippen LogP contribution in [0.1, 0.15) is 30.1 Å². The van der Waals surface area contributed by atoms with Crippen LogP contribution in [0.2, 0.25) is 0 Å². The Hall–Kier alpha value is -2.78. The van der Waals surface area contributed by atoms with Crippen molar-refractivity contribution < 1.29 is 14.4 Å². The number of rotatable bonds is 7. The van der Waals surface area contributed by atoms with E-state index in [2.05, 4.69) is 20.9 Å². The van der Waals surface area contributed by atoms with E-state index >= 15 is 0 Å². The van der Waals surface area contributed by atoms with Crippen molar-refractivity contribution in [2.75, 3.05) is 17.2 Å². The predicted octanol–water partition coefficient (Wildman–Crippen LogP) is 3.46. The van der Waals surface area contributed by atoms with E-state index in [0.29, 0.717) is 29.3 Å². The number of fused-ring (bicyclic) bond motifs is 1. The maximum Gasteiger partial charge on any atom is 0.252 e. The number of carbonyl (C=O) groups is 3. The van der Waals surface area contributed by atoms with Gasteiger partial charge in [0.05, 0.1) is 10.2 Å². The van der Waals surface area contributed by atoms with Crippen molar-refractivity contribution in [1.82, 2.24) is 10.3 Å². The third-order valence-corrected chi connectivity index (χ3v) is 5.22.